The van der Waals surface area contributed by atoms with Gasteiger partial charge in [-0.25, -0.2) is 0 Å². The zero-order valence-corrected chi connectivity index (χ0v) is 11.8. The van der Waals surface area contributed by atoms with Crippen molar-refractivity contribution >= 4 is 11.6 Å². The quantitative estimate of drug-likeness (QED) is 0.865. The van der Waals surface area contributed by atoms with Crippen molar-refractivity contribution in [2.75, 3.05) is 7.05 Å². The number of hydrogen-bond donors (Lipinski definition) is 1. The summed E-state index contributed by atoms with van der Waals surface area (Å²) in [5.41, 5.74) is 6.31. The number of rotatable bonds is 3. The molecule has 0 saturated carbocycles. The van der Waals surface area contributed by atoms with Gasteiger partial charge in [-0.2, -0.15) is 0 Å². The van der Waals surface area contributed by atoms with E-state index in [9.17, 15) is 0 Å². The Morgan fingerprint density at radius 3 is 2.50 bits per heavy atom. The van der Waals surface area contributed by atoms with Gasteiger partial charge in [-0.3, -0.25) is 0 Å². The summed E-state index contributed by atoms with van der Waals surface area (Å²) in [6, 6.07) is 12.6. The lowest BCUT2D eigenvalue weighted by atomic mass is 9.94. The van der Waals surface area contributed by atoms with Gasteiger partial charge in [-0.05, 0) is 55.3 Å². The van der Waals surface area contributed by atoms with Crippen LogP contribution in [0.1, 0.15) is 16.7 Å². The zero-order chi connectivity index (χ0) is 13.1. The Labute approximate surface area is 114 Å². The molecule has 0 aliphatic rings. The first-order valence-electron chi connectivity index (χ1n) is 6.12. The zero-order valence-electron chi connectivity index (χ0n) is 11.0. The van der Waals surface area contributed by atoms with Gasteiger partial charge in [0.2, 0.25) is 0 Å². The third-order valence-electron chi connectivity index (χ3n) is 3.12. The van der Waals surface area contributed by atoms with Crippen LogP contribution >= 0.6 is 11.6 Å². The lowest BCUT2D eigenvalue weighted by Gasteiger charge is -2.13. The molecule has 0 unspecified atom stereocenters. The van der Waals surface area contributed by atoms with Crippen LogP contribution in [0.2, 0.25) is 5.02 Å². The van der Waals surface area contributed by atoms with Crippen molar-refractivity contribution < 1.29 is 0 Å². The normalized spacial score (nSPS) is 10.7. The van der Waals surface area contributed by atoms with Crippen LogP contribution in [0.3, 0.4) is 0 Å². The maximum Gasteiger partial charge on any atom is 0.0412 e. The molecule has 0 spiro atoms. The second-order valence-electron chi connectivity index (χ2n) is 4.65. The third kappa shape index (κ3) is 2.74. The number of nitrogens with one attached hydrogen (secondary N) is 1. The van der Waals surface area contributed by atoms with Gasteiger partial charge in [0.25, 0.3) is 0 Å². The molecular formula is C16H18ClN. The first kappa shape index (κ1) is 13.1. The maximum atomic E-state index is 6.14. The highest BCUT2D eigenvalue weighted by Crippen LogP contribution is 2.30. The van der Waals surface area contributed by atoms with Crippen molar-refractivity contribution in [2.24, 2.45) is 0 Å². The van der Waals surface area contributed by atoms with Gasteiger partial charge in [-0.1, -0.05) is 41.4 Å². The lowest BCUT2D eigenvalue weighted by molar-refractivity contribution is 0.819. The largest absolute Gasteiger partial charge is 0.316 e. The van der Waals surface area contributed by atoms with Crippen LogP contribution in [0.25, 0.3) is 11.1 Å². The fourth-order valence-electron chi connectivity index (χ4n) is 2.17. The molecule has 0 bridgehead atoms. The number of hydrogen-bond acceptors (Lipinski definition) is 1. The van der Waals surface area contributed by atoms with E-state index in [1.165, 1.54) is 27.8 Å². The Bertz CT molecular complexity index is 561. The van der Waals surface area contributed by atoms with E-state index in [-0.39, 0.29) is 0 Å². The van der Waals surface area contributed by atoms with Crippen molar-refractivity contribution in [1.82, 2.24) is 5.32 Å². The third-order valence-corrected chi connectivity index (χ3v) is 3.36. The highest BCUT2D eigenvalue weighted by molar-refractivity contribution is 6.30. The molecule has 94 valence electrons. The van der Waals surface area contributed by atoms with Gasteiger partial charge in [0, 0.05) is 11.6 Å². The molecule has 1 nitrogen and oxygen atoms in total. The SMILES string of the molecule is CNCc1ccc(Cl)cc1-c1cc(C)ccc1C. The first-order valence-corrected chi connectivity index (χ1v) is 6.50. The second-order valence-corrected chi connectivity index (χ2v) is 5.09. The molecular weight excluding hydrogens is 242 g/mol. The fourth-order valence-corrected chi connectivity index (χ4v) is 2.34. The molecule has 0 amide bonds. The van der Waals surface area contributed by atoms with Gasteiger partial charge < -0.3 is 5.32 Å². The Morgan fingerprint density at radius 1 is 1.00 bits per heavy atom. The Kier molecular flexibility index (Phi) is 4.05. The van der Waals surface area contributed by atoms with Gasteiger partial charge in [0.15, 0.2) is 0 Å². The minimum atomic E-state index is 0.783. The van der Waals surface area contributed by atoms with Gasteiger partial charge in [0.05, 0.1) is 0 Å². The smallest absolute Gasteiger partial charge is 0.0412 e. The van der Waals surface area contributed by atoms with Crippen molar-refractivity contribution in [3.05, 3.63) is 58.1 Å². The molecule has 2 rings (SSSR count). The molecule has 0 heterocycles. The summed E-state index contributed by atoms with van der Waals surface area (Å²) >= 11 is 6.14. The average Bonchev–Trinajstić information content (AvgIpc) is 2.35. The number of aryl methyl sites for hydroxylation is 2. The average molecular weight is 260 g/mol. The lowest BCUT2D eigenvalue weighted by Crippen LogP contribution is -2.06. The number of halogens is 1. The highest BCUT2D eigenvalue weighted by atomic mass is 35.5. The molecule has 0 radical (unpaired) electrons. The monoisotopic (exact) mass is 259 g/mol. The Morgan fingerprint density at radius 2 is 1.78 bits per heavy atom. The van der Waals surface area contributed by atoms with Crippen molar-refractivity contribution in [1.29, 1.82) is 0 Å². The van der Waals surface area contributed by atoms with E-state index in [0.717, 1.165) is 11.6 Å². The molecule has 2 heteroatoms. The minimum absolute atomic E-state index is 0.783. The van der Waals surface area contributed by atoms with Gasteiger partial charge in [0.1, 0.15) is 0 Å². The maximum absolute atomic E-state index is 6.14. The molecule has 0 aliphatic carbocycles. The summed E-state index contributed by atoms with van der Waals surface area (Å²) in [7, 11) is 1.96. The van der Waals surface area contributed by atoms with E-state index >= 15 is 0 Å². The molecule has 0 atom stereocenters. The molecule has 18 heavy (non-hydrogen) atoms. The highest BCUT2D eigenvalue weighted by Gasteiger charge is 2.08. The molecule has 0 aromatic heterocycles. The summed E-state index contributed by atoms with van der Waals surface area (Å²) in [6.07, 6.45) is 0. The van der Waals surface area contributed by atoms with Crippen LogP contribution in [-0.4, -0.2) is 7.05 Å². The number of benzene rings is 2. The van der Waals surface area contributed by atoms with Crippen LogP contribution in [0.5, 0.6) is 0 Å². The van der Waals surface area contributed by atoms with E-state index < -0.39 is 0 Å². The minimum Gasteiger partial charge on any atom is -0.316 e. The topological polar surface area (TPSA) is 12.0 Å². The van der Waals surface area contributed by atoms with Crippen molar-refractivity contribution in [3.8, 4) is 11.1 Å². The summed E-state index contributed by atoms with van der Waals surface area (Å²) in [5, 5.41) is 3.99. The first-order chi connectivity index (χ1) is 8.61. The van der Waals surface area contributed by atoms with E-state index in [0.29, 0.717) is 0 Å². The van der Waals surface area contributed by atoms with Crippen LogP contribution in [0.4, 0.5) is 0 Å². The Balaban J connectivity index is 2.61. The summed E-state index contributed by atoms with van der Waals surface area (Å²) < 4.78 is 0. The van der Waals surface area contributed by atoms with Crippen LogP contribution < -0.4 is 5.32 Å². The summed E-state index contributed by atoms with van der Waals surface area (Å²) in [6.45, 7) is 5.10. The van der Waals surface area contributed by atoms with Crippen LogP contribution in [0.15, 0.2) is 36.4 Å². The van der Waals surface area contributed by atoms with E-state index in [4.69, 9.17) is 11.6 Å². The fraction of sp³-hybridized carbons (Fsp3) is 0.250. The summed E-state index contributed by atoms with van der Waals surface area (Å²) in [5.74, 6) is 0. The summed E-state index contributed by atoms with van der Waals surface area (Å²) in [4.78, 5) is 0. The van der Waals surface area contributed by atoms with Crippen LogP contribution in [-0.2, 0) is 6.54 Å². The molecule has 0 aliphatic heterocycles. The van der Waals surface area contributed by atoms with E-state index in [2.05, 4.69) is 49.5 Å². The molecule has 2 aromatic carbocycles. The molecule has 1 N–H and O–H groups in total. The molecule has 0 saturated heterocycles. The van der Waals surface area contributed by atoms with E-state index in [1.54, 1.807) is 0 Å². The van der Waals surface area contributed by atoms with Crippen molar-refractivity contribution in [3.63, 3.8) is 0 Å². The molecule has 2 aromatic rings. The van der Waals surface area contributed by atoms with E-state index in [1.807, 2.05) is 13.1 Å². The predicted octanol–water partition coefficient (Wildman–Crippen LogP) is 4.34. The van der Waals surface area contributed by atoms with Crippen LogP contribution in [0, 0.1) is 13.8 Å². The van der Waals surface area contributed by atoms with Gasteiger partial charge >= 0.3 is 0 Å². The van der Waals surface area contributed by atoms with Crippen molar-refractivity contribution in [2.45, 2.75) is 20.4 Å². The molecule has 0 fully saturated rings. The predicted molar refractivity (Wildman–Crippen MR) is 79.1 cm³/mol. The van der Waals surface area contributed by atoms with Gasteiger partial charge in [-0.15, -0.1) is 0 Å². The second kappa shape index (κ2) is 5.55. The Hall–Kier alpha value is -1.31. The standard InChI is InChI=1S/C16H18ClN/c1-11-4-5-12(2)15(8-11)16-9-14(17)7-6-13(16)10-18-3/h4-9,18H,10H2,1-3H3.